The van der Waals surface area contributed by atoms with Crippen molar-refractivity contribution < 1.29 is 49.8 Å². The van der Waals surface area contributed by atoms with Crippen molar-refractivity contribution in [2.75, 3.05) is 19.7 Å². The number of carbonyl (C=O) groups excluding carboxylic acids is 2. The molecule has 0 saturated carbocycles. The zero-order valence-electron chi connectivity index (χ0n) is 22.8. The van der Waals surface area contributed by atoms with Gasteiger partial charge >= 0.3 is 12.1 Å². The van der Waals surface area contributed by atoms with Crippen molar-refractivity contribution in [1.82, 2.24) is 20.2 Å². The summed E-state index contributed by atoms with van der Waals surface area (Å²) in [6, 6.07) is 6.30. The molecule has 1 aromatic carbocycles. The number of esters is 1. The highest BCUT2D eigenvalue weighted by molar-refractivity contribution is 5.83. The number of hydrogen-bond donors (Lipinski definition) is 1. The van der Waals surface area contributed by atoms with E-state index >= 15 is 0 Å². The molecule has 1 unspecified atom stereocenters. The number of nitrogens with one attached hydrogen (secondary N) is 1. The van der Waals surface area contributed by atoms with Crippen LogP contribution < -0.4 is 5.32 Å². The van der Waals surface area contributed by atoms with E-state index in [0.29, 0.717) is 56.8 Å². The predicted molar refractivity (Wildman–Crippen MR) is 138 cm³/mol. The number of nitrogens with zero attached hydrogens (tertiary/aromatic N) is 3. The number of aromatic nitrogens is 2. The van der Waals surface area contributed by atoms with Gasteiger partial charge in [0.1, 0.15) is 0 Å². The molecule has 2 aliphatic heterocycles. The van der Waals surface area contributed by atoms with E-state index in [1.165, 1.54) is 12.3 Å². The molecular formula is C29H25F7N4O4. The molecule has 15 heteroatoms. The van der Waals surface area contributed by atoms with Crippen molar-refractivity contribution in [3.63, 3.8) is 0 Å². The third-order valence-corrected chi connectivity index (χ3v) is 7.81. The molecule has 44 heavy (non-hydrogen) atoms. The molecule has 5 rings (SSSR count). The molecule has 2 aromatic heterocycles. The van der Waals surface area contributed by atoms with Gasteiger partial charge in [0.2, 0.25) is 0 Å². The Kier molecular flexibility index (Phi) is 8.62. The van der Waals surface area contributed by atoms with Gasteiger partial charge in [0.25, 0.3) is 12.3 Å². The highest BCUT2D eigenvalue weighted by Crippen LogP contribution is 2.44. The molecule has 1 N–H and O–H groups in total. The second-order valence-electron chi connectivity index (χ2n) is 10.5. The summed E-state index contributed by atoms with van der Waals surface area (Å²) in [5.41, 5.74) is -1.74. The van der Waals surface area contributed by atoms with Crippen molar-refractivity contribution >= 4 is 11.9 Å². The van der Waals surface area contributed by atoms with E-state index in [2.05, 4.69) is 19.6 Å². The zero-order chi connectivity index (χ0) is 31.7. The zero-order valence-corrected chi connectivity index (χ0v) is 22.8. The summed E-state index contributed by atoms with van der Waals surface area (Å²) >= 11 is 0. The van der Waals surface area contributed by atoms with Crippen molar-refractivity contribution in [2.24, 2.45) is 0 Å². The number of piperidine rings is 1. The smallest absolute Gasteiger partial charge is 0.449 e. The summed E-state index contributed by atoms with van der Waals surface area (Å²) in [7, 11) is 0. The number of hydrogen-bond acceptors (Lipinski definition) is 7. The Morgan fingerprint density at radius 1 is 1.05 bits per heavy atom. The molecule has 0 bridgehead atoms. The summed E-state index contributed by atoms with van der Waals surface area (Å²) in [6.07, 6.45) is -2.77. The van der Waals surface area contributed by atoms with E-state index in [1.807, 2.05) is 17.6 Å². The standard InChI is InChI=1S/C29H25F7N4O4/c30-21-3-2-19(11-22(21)31)28(25(32)33,39-24(41)16-43-26(42)29(34,35)36)23-4-1-17(12-38-23)14-40-9-6-27(7-10-40)20-13-37-8-5-18(20)15-44-27/h1-5,8,11-13,25H,6-7,9-10,14-16H2,(H,39,41). The second kappa shape index (κ2) is 12.1. The Bertz CT molecular complexity index is 1530. The van der Waals surface area contributed by atoms with Gasteiger partial charge in [0, 0.05) is 43.8 Å². The predicted octanol–water partition coefficient (Wildman–Crippen LogP) is 4.51. The summed E-state index contributed by atoms with van der Waals surface area (Å²) in [5.74, 6) is -7.16. The first-order valence-electron chi connectivity index (χ1n) is 13.4. The highest BCUT2D eigenvalue weighted by Gasteiger charge is 2.48. The fourth-order valence-corrected chi connectivity index (χ4v) is 5.54. The summed E-state index contributed by atoms with van der Waals surface area (Å²) in [5, 5.41) is 1.84. The van der Waals surface area contributed by atoms with Crippen LogP contribution in [-0.4, -0.2) is 59.0 Å². The Labute approximate surface area is 246 Å². The topological polar surface area (TPSA) is 93.7 Å². The first-order valence-corrected chi connectivity index (χ1v) is 13.4. The van der Waals surface area contributed by atoms with E-state index in [0.717, 1.165) is 23.3 Å². The number of rotatable bonds is 8. The molecule has 1 fully saturated rings. The van der Waals surface area contributed by atoms with E-state index in [-0.39, 0.29) is 0 Å². The average molecular weight is 627 g/mol. The molecule has 1 spiro atoms. The van der Waals surface area contributed by atoms with Crippen LogP contribution in [0.3, 0.4) is 0 Å². The summed E-state index contributed by atoms with van der Waals surface area (Å²) < 4.78 is 105. The number of halogens is 7. The number of ether oxygens (including phenoxy) is 2. The number of amides is 1. The van der Waals surface area contributed by atoms with Gasteiger partial charge in [0.15, 0.2) is 23.8 Å². The lowest BCUT2D eigenvalue weighted by atomic mass is 9.84. The van der Waals surface area contributed by atoms with Crippen LogP contribution >= 0.6 is 0 Å². The maximum atomic E-state index is 14.8. The first kappa shape index (κ1) is 31.3. The molecule has 1 amide bonds. The lowest BCUT2D eigenvalue weighted by molar-refractivity contribution is -0.200. The molecule has 234 valence electrons. The molecule has 8 nitrogen and oxygen atoms in total. The van der Waals surface area contributed by atoms with E-state index < -0.39 is 65.1 Å². The molecule has 0 aliphatic carbocycles. The van der Waals surface area contributed by atoms with Gasteiger partial charge in [-0.1, -0.05) is 12.1 Å². The van der Waals surface area contributed by atoms with Crippen LogP contribution in [0.15, 0.2) is 55.0 Å². The minimum Gasteiger partial charge on any atom is -0.449 e. The SMILES string of the molecule is O=C(COC(=O)C(F)(F)F)NC(c1ccc(F)c(F)c1)(c1ccc(CN2CCC3(CC2)OCc2ccncc23)cn1)C(F)F. The number of pyridine rings is 2. The molecule has 0 radical (unpaired) electrons. The summed E-state index contributed by atoms with van der Waals surface area (Å²) in [6.45, 7) is 0.622. The van der Waals surface area contributed by atoms with Crippen molar-refractivity contribution in [3.8, 4) is 0 Å². The minimum atomic E-state index is -5.43. The van der Waals surface area contributed by atoms with Gasteiger partial charge in [0.05, 0.1) is 17.9 Å². The fraction of sp³-hybridized carbons (Fsp3) is 0.379. The molecule has 4 heterocycles. The Morgan fingerprint density at radius 3 is 2.43 bits per heavy atom. The van der Waals surface area contributed by atoms with Gasteiger partial charge in [-0.2, -0.15) is 13.2 Å². The van der Waals surface area contributed by atoms with Crippen LogP contribution in [0.5, 0.6) is 0 Å². The fourth-order valence-electron chi connectivity index (χ4n) is 5.54. The second-order valence-corrected chi connectivity index (χ2v) is 10.5. The van der Waals surface area contributed by atoms with Crippen molar-refractivity contribution in [3.05, 3.63) is 94.6 Å². The van der Waals surface area contributed by atoms with Gasteiger partial charge in [-0.15, -0.1) is 0 Å². The van der Waals surface area contributed by atoms with Crippen LogP contribution in [0.2, 0.25) is 0 Å². The third kappa shape index (κ3) is 6.11. The molecular weight excluding hydrogens is 601 g/mol. The number of likely N-dealkylation sites (tertiary alicyclic amines) is 1. The van der Waals surface area contributed by atoms with Gasteiger partial charge in [-0.3, -0.25) is 19.7 Å². The third-order valence-electron chi connectivity index (χ3n) is 7.81. The van der Waals surface area contributed by atoms with Crippen molar-refractivity contribution in [2.45, 2.75) is 49.7 Å². The van der Waals surface area contributed by atoms with Crippen LogP contribution in [-0.2, 0) is 43.4 Å². The lowest BCUT2D eigenvalue weighted by Gasteiger charge is -2.39. The average Bonchev–Trinajstić information content (AvgIpc) is 3.35. The number of carbonyl (C=O) groups is 2. The van der Waals surface area contributed by atoms with Crippen LogP contribution in [0.1, 0.15) is 40.8 Å². The van der Waals surface area contributed by atoms with Gasteiger partial charge < -0.3 is 14.8 Å². The largest absolute Gasteiger partial charge is 0.490 e. The lowest BCUT2D eigenvalue weighted by Crippen LogP contribution is -2.54. The van der Waals surface area contributed by atoms with Crippen LogP contribution in [0.25, 0.3) is 0 Å². The van der Waals surface area contributed by atoms with Crippen LogP contribution in [0.4, 0.5) is 30.7 Å². The molecule has 2 aliphatic rings. The monoisotopic (exact) mass is 626 g/mol. The Balaban J connectivity index is 1.35. The summed E-state index contributed by atoms with van der Waals surface area (Å²) in [4.78, 5) is 34.0. The van der Waals surface area contributed by atoms with E-state index in [9.17, 15) is 40.3 Å². The first-order chi connectivity index (χ1) is 20.8. The minimum absolute atomic E-state index is 0.385. The maximum Gasteiger partial charge on any atom is 0.490 e. The molecule has 3 aromatic rings. The number of benzene rings is 1. The Morgan fingerprint density at radius 2 is 1.80 bits per heavy atom. The van der Waals surface area contributed by atoms with Crippen LogP contribution in [0, 0.1) is 11.6 Å². The number of alkyl halides is 5. The highest BCUT2D eigenvalue weighted by atomic mass is 19.4. The van der Waals surface area contributed by atoms with E-state index in [1.54, 1.807) is 6.20 Å². The van der Waals surface area contributed by atoms with Crippen molar-refractivity contribution in [1.29, 1.82) is 0 Å². The Hall–Kier alpha value is -4.11. The quantitative estimate of drug-likeness (QED) is 0.291. The van der Waals surface area contributed by atoms with Gasteiger partial charge in [-0.25, -0.2) is 22.4 Å². The normalized spacial score (nSPS) is 17.7. The van der Waals surface area contributed by atoms with E-state index in [4.69, 9.17) is 4.74 Å². The number of fused-ring (bicyclic) bond motifs is 2. The maximum absolute atomic E-state index is 14.8. The van der Waals surface area contributed by atoms with Gasteiger partial charge in [-0.05, 0) is 53.8 Å². The molecule has 1 saturated heterocycles. The molecule has 1 atom stereocenters.